The maximum Gasteiger partial charge on any atom is 0.328 e. The lowest BCUT2D eigenvalue weighted by Crippen LogP contribution is -2.12. The average Bonchev–Trinajstić information content (AvgIpc) is 2.74. The van der Waals surface area contributed by atoms with E-state index in [1.165, 1.54) is 4.57 Å². The molecule has 2 rings (SSSR count). The molecule has 5 heteroatoms. The van der Waals surface area contributed by atoms with Gasteiger partial charge in [-0.3, -0.25) is 9.36 Å². The van der Waals surface area contributed by atoms with Crippen molar-refractivity contribution in [2.45, 2.75) is 19.8 Å². The molecule has 0 aliphatic carbocycles. The molecule has 1 N–H and O–H groups in total. The van der Waals surface area contributed by atoms with E-state index in [9.17, 15) is 9.59 Å². The van der Waals surface area contributed by atoms with Crippen LogP contribution >= 0.6 is 0 Å². The highest BCUT2D eigenvalue weighted by atomic mass is 16.4. The van der Waals surface area contributed by atoms with Crippen molar-refractivity contribution in [3.05, 3.63) is 42.2 Å². The fourth-order valence-electron chi connectivity index (χ4n) is 1.93. The van der Waals surface area contributed by atoms with Gasteiger partial charge in [-0.2, -0.15) is 0 Å². The van der Waals surface area contributed by atoms with Crippen molar-refractivity contribution in [3.8, 4) is 0 Å². The summed E-state index contributed by atoms with van der Waals surface area (Å²) in [6.07, 6.45) is 3.42. The van der Waals surface area contributed by atoms with Crippen LogP contribution in [-0.2, 0) is 11.2 Å². The van der Waals surface area contributed by atoms with E-state index in [-0.39, 0.29) is 5.91 Å². The predicted molar refractivity (Wildman–Crippen MR) is 71.1 cm³/mol. The summed E-state index contributed by atoms with van der Waals surface area (Å²) < 4.78 is 1.47. The minimum absolute atomic E-state index is 0.389. The molecule has 0 spiro atoms. The Kier molecular flexibility index (Phi) is 3.75. The van der Waals surface area contributed by atoms with Gasteiger partial charge in [-0.1, -0.05) is 19.1 Å². The quantitative estimate of drug-likeness (QED) is 0.854. The first-order chi connectivity index (χ1) is 9.13. The molecule has 0 radical (unpaired) electrons. The third kappa shape index (κ3) is 2.70. The average molecular weight is 258 g/mol. The zero-order valence-electron chi connectivity index (χ0n) is 10.5. The summed E-state index contributed by atoms with van der Waals surface area (Å²) in [7, 11) is 0. The number of aromatic nitrogens is 2. The van der Waals surface area contributed by atoms with Crippen molar-refractivity contribution in [1.82, 2.24) is 9.55 Å². The van der Waals surface area contributed by atoms with Crippen LogP contribution in [0.25, 0.3) is 11.0 Å². The molecule has 19 heavy (non-hydrogen) atoms. The van der Waals surface area contributed by atoms with Crippen LogP contribution < -0.4 is 0 Å². The van der Waals surface area contributed by atoms with E-state index in [4.69, 9.17) is 5.11 Å². The Hall–Kier alpha value is -2.43. The number of imidazole rings is 1. The summed E-state index contributed by atoms with van der Waals surface area (Å²) >= 11 is 0. The minimum atomic E-state index is -1.14. The summed E-state index contributed by atoms with van der Waals surface area (Å²) in [6.45, 7) is 2.00. The molecule has 98 valence electrons. The van der Waals surface area contributed by atoms with Gasteiger partial charge in [-0.25, -0.2) is 9.78 Å². The van der Waals surface area contributed by atoms with Crippen LogP contribution in [0.2, 0.25) is 0 Å². The highest BCUT2D eigenvalue weighted by Crippen LogP contribution is 2.17. The Morgan fingerprint density at radius 1 is 1.32 bits per heavy atom. The van der Waals surface area contributed by atoms with E-state index in [1.807, 2.05) is 25.1 Å². The van der Waals surface area contributed by atoms with Gasteiger partial charge in [-0.05, 0) is 18.6 Å². The predicted octanol–water partition coefficient (Wildman–Crippen LogP) is 2.27. The number of aliphatic carboxylic acids is 1. The topological polar surface area (TPSA) is 72.2 Å². The zero-order valence-corrected chi connectivity index (χ0v) is 10.5. The number of aryl methyl sites for hydroxylation is 1. The molecule has 0 saturated heterocycles. The molecule has 0 atom stereocenters. The number of allylic oxidation sites excluding steroid dienone is 1. The number of carbonyl (C=O) groups is 2. The van der Waals surface area contributed by atoms with Gasteiger partial charge in [0, 0.05) is 18.6 Å². The first kappa shape index (κ1) is 13.0. The Morgan fingerprint density at radius 2 is 2.05 bits per heavy atom. The number of carboxylic acid groups (broad SMARTS) is 1. The molecule has 1 aromatic heterocycles. The van der Waals surface area contributed by atoms with Crippen LogP contribution in [0.4, 0.5) is 0 Å². The number of rotatable bonds is 4. The van der Waals surface area contributed by atoms with Crippen LogP contribution in [0.15, 0.2) is 36.4 Å². The Balaban J connectivity index is 2.52. The summed E-state index contributed by atoms with van der Waals surface area (Å²) in [5, 5.41) is 8.58. The van der Waals surface area contributed by atoms with Crippen LogP contribution in [0.3, 0.4) is 0 Å². The molecular formula is C14H14N2O3. The molecule has 0 aliphatic heterocycles. The molecule has 1 heterocycles. The summed E-state index contributed by atoms with van der Waals surface area (Å²) in [4.78, 5) is 27.0. The van der Waals surface area contributed by atoms with Crippen molar-refractivity contribution < 1.29 is 14.7 Å². The summed E-state index contributed by atoms with van der Waals surface area (Å²) in [6, 6.07) is 7.31. The molecular weight excluding hydrogens is 244 g/mol. The van der Waals surface area contributed by atoms with Gasteiger partial charge in [0.1, 0.15) is 5.82 Å². The van der Waals surface area contributed by atoms with Crippen molar-refractivity contribution in [2.75, 3.05) is 0 Å². The van der Waals surface area contributed by atoms with Crippen molar-refractivity contribution in [1.29, 1.82) is 0 Å². The Morgan fingerprint density at radius 3 is 2.74 bits per heavy atom. The number of carbonyl (C=O) groups excluding carboxylic acids is 1. The van der Waals surface area contributed by atoms with Crippen molar-refractivity contribution in [2.24, 2.45) is 0 Å². The van der Waals surface area contributed by atoms with Crippen molar-refractivity contribution >= 4 is 22.9 Å². The van der Waals surface area contributed by atoms with E-state index in [1.54, 1.807) is 6.07 Å². The van der Waals surface area contributed by atoms with Crippen LogP contribution in [0, 0.1) is 0 Å². The lowest BCUT2D eigenvalue weighted by Gasteiger charge is -2.03. The second-order valence-electron chi connectivity index (χ2n) is 4.11. The van der Waals surface area contributed by atoms with Gasteiger partial charge in [0.15, 0.2) is 0 Å². The normalized spacial score (nSPS) is 11.2. The van der Waals surface area contributed by atoms with Gasteiger partial charge < -0.3 is 5.11 Å². The molecule has 0 amide bonds. The zero-order chi connectivity index (χ0) is 13.8. The van der Waals surface area contributed by atoms with E-state index in [2.05, 4.69) is 4.98 Å². The monoisotopic (exact) mass is 258 g/mol. The highest BCUT2D eigenvalue weighted by Gasteiger charge is 2.14. The largest absolute Gasteiger partial charge is 0.478 e. The summed E-state index contributed by atoms with van der Waals surface area (Å²) in [5.41, 5.74) is 1.44. The first-order valence-corrected chi connectivity index (χ1v) is 6.05. The molecule has 0 saturated carbocycles. The smallest absolute Gasteiger partial charge is 0.328 e. The van der Waals surface area contributed by atoms with Crippen molar-refractivity contribution in [3.63, 3.8) is 0 Å². The molecule has 1 aromatic carbocycles. The van der Waals surface area contributed by atoms with Crippen LogP contribution in [0.1, 0.15) is 24.0 Å². The van der Waals surface area contributed by atoms with E-state index in [0.717, 1.165) is 24.1 Å². The van der Waals surface area contributed by atoms with E-state index >= 15 is 0 Å². The first-order valence-electron chi connectivity index (χ1n) is 6.05. The number of fused-ring (bicyclic) bond motifs is 1. The fraction of sp³-hybridized carbons (Fsp3) is 0.214. The number of carboxylic acids is 1. The lowest BCUT2D eigenvalue weighted by molar-refractivity contribution is -0.131. The molecule has 0 fully saturated rings. The van der Waals surface area contributed by atoms with Crippen LogP contribution in [0.5, 0.6) is 0 Å². The third-order valence-electron chi connectivity index (χ3n) is 2.69. The maximum absolute atomic E-state index is 12.1. The highest BCUT2D eigenvalue weighted by molar-refractivity contribution is 6.00. The van der Waals surface area contributed by atoms with Gasteiger partial charge >= 0.3 is 5.97 Å². The third-order valence-corrected chi connectivity index (χ3v) is 2.69. The minimum Gasteiger partial charge on any atom is -0.478 e. The number of nitrogens with zero attached hydrogens (tertiary/aromatic N) is 2. The SMILES string of the molecule is CCCc1nc2ccccc2n1C(=O)C=CC(=O)O. The van der Waals surface area contributed by atoms with E-state index < -0.39 is 5.97 Å². The second-order valence-corrected chi connectivity index (χ2v) is 4.11. The number of hydrogen-bond donors (Lipinski definition) is 1. The standard InChI is InChI=1S/C14H14N2O3/c1-2-5-12-15-10-6-3-4-7-11(10)16(12)13(17)8-9-14(18)19/h3-4,6-9H,2,5H2,1H3,(H,18,19). The number of benzene rings is 1. The lowest BCUT2D eigenvalue weighted by atomic mass is 10.3. The van der Waals surface area contributed by atoms with Crippen LogP contribution in [-0.4, -0.2) is 26.5 Å². The summed E-state index contributed by atoms with van der Waals surface area (Å²) in [5.74, 6) is -0.877. The molecule has 2 aromatic rings. The molecule has 0 bridgehead atoms. The molecule has 5 nitrogen and oxygen atoms in total. The molecule has 0 aliphatic rings. The van der Waals surface area contributed by atoms with E-state index in [0.29, 0.717) is 17.8 Å². The number of para-hydroxylation sites is 2. The van der Waals surface area contributed by atoms with Gasteiger partial charge in [0.05, 0.1) is 11.0 Å². The van der Waals surface area contributed by atoms with Gasteiger partial charge in [0.2, 0.25) is 0 Å². The maximum atomic E-state index is 12.1. The second kappa shape index (κ2) is 5.48. The Labute approximate surface area is 110 Å². The number of hydrogen-bond acceptors (Lipinski definition) is 3. The Bertz CT molecular complexity index is 656. The fourth-order valence-corrected chi connectivity index (χ4v) is 1.93. The van der Waals surface area contributed by atoms with Gasteiger partial charge in [-0.15, -0.1) is 0 Å². The van der Waals surface area contributed by atoms with Gasteiger partial charge in [0.25, 0.3) is 5.91 Å². The molecule has 0 unspecified atom stereocenters.